The van der Waals surface area contributed by atoms with Crippen LogP contribution in [0.4, 0.5) is 0 Å². The van der Waals surface area contributed by atoms with Crippen molar-refractivity contribution in [2.24, 2.45) is 0 Å². The van der Waals surface area contributed by atoms with Crippen LogP contribution < -0.4 is 0 Å². The van der Waals surface area contributed by atoms with Crippen LogP contribution in [0.1, 0.15) is 43.2 Å². The summed E-state index contributed by atoms with van der Waals surface area (Å²) in [5, 5.41) is 12.5. The molecule has 0 aliphatic heterocycles. The number of thioether (sulfide) groups is 1. The van der Waals surface area contributed by atoms with Crippen LogP contribution >= 0.6 is 23.1 Å². The molecule has 0 bridgehead atoms. The molecule has 1 fully saturated rings. The highest BCUT2D eigenvalue weighted by atomic mass is 32.2. The zero-order chi connectivity index (χ0) is 27.7. The lowest BCUT2D eigenvalue weighted by atomic mass is 9.97. The molecule has 0 spiro atoms. The Balaban J connectivity index is 1.26. The average molecular weight is 587 g/mol. The van der Waals surface area contributed by atoms with Gasteiger partial charge in [-0.3, -0.25) is 9.00 Å². The zero-order valence-electron chi connectivity index (χ0n) is 22.0. The molecule has 0 saturated heterocycles. The first-order valence-electron chi connectivity index (χ1n) is 13.4. The number of carbonyl (C=O) groups is 1. The van der Waals surface area contributed by atoms with Crippen LogP contribution in [0, 0.1) is 11.3 Å². The van der Waals surface area contributed by atoms with E-state index in [9.17, 15) is 14.3 Å². The lowest BCUT2D eigenvalue weighted by Gasteiger charge is -2.30. The fraction of sp³-hybridized carbons (Fsp3) is 0.281. The summed E-state index contributed by atoms with van der Waals surface area (Å²) in [7, 11) is -1.11. The van der Waals surface area contributed by atoms with Crippen LogP contribution in [0.3, 0.4) is 0 Å². The van der Waals surface area contributed by atoms with E-state index in [1.807, 2.05) is 84.2 Å². The van der Waals surface area contributed by atoms with E-state index in [-0.39, 0.29) is 23.7 Å². The third-order valence-corrected chi connectivity index (χ3v) is 10.6. The maximum Gasteiger partial charge on any atom is 0.306 e. The number of benzene rings is 2. The van der Waals surface area contributed by atoms with Gasteiger partial charge in [-0.05, 0) is 47.9 Å². The van der Waals surface area contributed by atoms with Gasteiger partial charge in [-0.15, -0.1) is 23.1 Å². The first-order chi connectivity index (χ1) is 19.6. The van der Waals surface area contributed by atoms with Gasteiger partial charge in [0.15, 0.2) is 0 Å². The molecule has 4 aromatic rings. The molecule has 3 atom stereocenters. The molecule has 2 aromatic heterocycles. The van der Waals surface area contributed by atoms with Gasteiger partial charge in [-0.1, -0.05) is 73.2 Å². The van der Waals surface area contributed by atoms with E-state index >= 15 is 0 Å². The zero-order valence-corrected chi connectivity index (χ0v) is 24.5. The summed E-state index contributed by atoms with van der Waals surface area (Å²) in [4.78, 5) is 18.7. The Morgan fingerprint density at radius 3 is 2.52 bits per heavy atom. The van der Waals surface area contributed by atoms with Crippen molar-refractivity contribution in [3.8, 4) is 27.8 Å². The Kier molecular flexibility index (Phi) is 9.82. The number of rotatable bonds is 10. The normalized spacial score (nSPS) is 17.6. The van der Waals surface area contributed by atoms with Crippen molar-refractivity contribution in [1.29, 1.82) is 5.26 Å². The second-order valence-electron chi connectivity index (χ2n) is 9.65. The molecule has 3 unspecified atom stereocenters. The lowest BCUT2D eigenvalue weighted by molar-refractivity contribution is -0.149. The van der Waals surface area contributed by atoms with E-state index in [2.05, 4.69) is 6.07 Å². The number of pyridine rings is 1. The maximum absolute atomic E-state index is 13.2. The molecule has 1 aliphatic carbocycles. The number of thiophene rings is 1. The molecule has 2 heterocycles. The summed E-state index contributed by atoms with van der Waals surface area (Å²) in [5.41, 5.74) is 4.13. The van der Waals surface area contributed by atoms with Gasteiger partial charge in [0.25, 0.3) is 0 Å². The minimum Gasteiger partial charge on any atom is -0.461 e. The summed E-state index contributed by atoms with van der Waals surface area (Å²) >= 11 is 3.00. The van der Waals surface area contributed by atoms with Crippen molar-refractivity contribution in [3.05, 3.63) is 95.4 Å². The Morgan fingerprint density at radius 1 is 1.05 bits per heavy atom. The number of hydrogen-bond donors (Lipinski definition) is 0. The number of nitrogens with zero attached hydrogens (tertiary/aromatic N) is 2. The highest BCUT2D eigenvalue weighted by Crippen LogP contribution is 2.36. The van der Waals surface area contributed by atoms with Crippen molar-refractivity contribution >= 4 is 39.9 Å². The van der Waals surface area contributed by atoms with Gasteiger partial charge in [0.05, 0.1) is 27.8 Å². The number of esters is 1. The van der Waals surface area contributed by atoms with E-state index in [0.717, 1.165) is 52.9 Å². The second kappa shape index (κ2) is 13.9. The third-order valence-electron chi connectivity index (χ3n) is 6.92. The number of ether oxygens (including phenoxy) is 1. The first-order valence-corrected chi connectivity index (χ1v) is 16.6. The van der Waals surface area contributed by atoms with Crippen molar-refractivity contribution < 1.29 is 13.7 Å². The van der Waals surface area contributed by atoms with Crippen molar-refractivity contribution in [1.82, 2.24) is 4.98 Å². The summed E-state index contributed by atoms with van der Waals surface area (Å²) in [6.07, 6.45) is 3.39. The minimum atomic E-state index is -1.11. The summed E-state index contributed by atoms with van der Waals surface area (Å²) in [6.45, 7) is 0. The Hall–Kier alpha value is -3.25. The summed E-state index contributed by atoms with van der Waals surface area (Å²) < 4.78 is 19.1. The lowest BCUT2D eigenvalue weighted by Crippen LogP contribution is -2.38. The number of carbonyl (C=O) groups excluding carboxylic acids is 1. The largest absolute Gasteiger partial charge is 0.461 e. The average Bonchev–Trinajstić information content (AvgIpc) is 3.53. The first kappa shape index (κ1) is 28.3. The SMILES string of the molecule is N#Cc1c(-c2ccccc2)cc(-c2cccs2)nc1SCCC(=O)OC1CCCCC1S(=O)Cc1ccccc1. The Morgan fingerprint density at radius 2 is 1.80 bits per heavy atom. The predicted molar refractivity (Wildman–Crippen MR) is 163 cm³/mol. The van der Waals surface area contributed by atoms with E-state index in [1.165, 1.54) is 11.8 Å². The van der Waals surface area contributed by atoms with Crippen LogP contribution in [0.2, 0.25) is 0 Å². The Labute approximate surface area is 246 Å². The van der Waals surface area contributed by atoms with Crippen LogP contribution in [-0.2, 0) is 26.1 Å². The molecule has 5 nitrogen and oxygen atoms in total. The predicted octanol–water partition coefficient (Wildman–Crippen LogP) is 7.63. The van der Waals surface area contributed by atoms with Crippen LogP contribution in [0.5, 0.6) is 0 Å². The second-order valence-corrected chi connectivity index (χ2v) is 13.3. The molecular formula is C32H30N2O3S3. The molecule has 40 heavy (non-hydrogen) atoms. The van der Waals surface area contributed by atoms with E-state index in [1.54, 1.807) is 11.3 Å². The smallest absolute Gasteiger partial charge is 0.306 e. The van der Waals surface area contributed by atoms with E-state index < -0.39 is 10.8 Å². The molecule has 1 saturated carbocycles. The number of aromatic nitrogens is 1. The highest BCUT2D eigenvalue weighted by molar-refractivity contribution is 7.99. The standard InChI is InChI=1S/C32H30N2O3S3/c33-21-26-25(24-12-5-2-6-13-24)20-27(29-15-9-18-38-29)34-32(26)39-19-17-31(35)37-28-14-7-8-16-30(28)40(36)22-23-10-3-1-4-11-23/h1-6,9-13,15,18,20,28,30H,7-8,14,16-17,19,22H2. The van der Waals surface area contributed by atoms with Crippen molar-refractivity contribution in [2.45, 2.75) is 54.2 Å². The summed E-state index contributed by atoms with van der Waals surface area (Å²) in [6, 6.07) is 28.0. The van der Waals surface area contributed by atoms with Gasteiger partial charge in [-0.25, -0.2) is 4.98 Å². The molecule has 2 aromatic carbocycles. The Bertz CT molecular complexity index is 1490. The monoisotopic (exact) mass is 586 g/mol. The topological polar surface area (TPSA) is 80.1 Å². The van der Waals surface area contributed by atoms with Gasteiger partial charge in [0.2, 0.25) is 0 Å². The molecule has 5 rings (SSSR count). The number of nitriles is 1. The van der Waals surface area contributed by atoms with Crippen LogP contribution in [-0.4, -0.2) is 32.3 Å². The van der Waals surface area contributed by atoms with Gasteiger partial charge in [0, 0.05) is 27.9 Å². The molecule has 1 aliphatic rings. The van der Waals surface area contributed by atoms with Gasteiger partial charge in [-0.2, -0.15) is 5.26 Å². The maximum atomic E-state index is 13.2. The number of hydrogen-bond acceptors (Lipinski definition) is 7. The van der Waals surface area contributed by atoms with E-state index in [4.69, 9.17) is 9.72 Å². The highest BCUT2D eigenvalue weighted by Gasteiger charge is 2.32. The van der Waals surface area contributed by atoms with Crippen molar-refractivity contribution in [3.63, 3.8) is 0 Å². The molecule has 0 amide bonds. The quantitative estimate of drug-likeness (QED) is 0.140. The molecule has 8 heteroatoms. The summed E-state index contributed by atoms with van der Waals surface area (Å²) in [5.74, 6) is 0.618. The molecule has 204 valence electrons. The third kappa shape index (κ3) is 7.08. The molecular weight excluding hydrogens is 557 g/mol. The van der Waals surface area contributed by atoms with Gasteiger partial charge >= 0.3 is 5.97 Å². The van der Waals surface area contributed by atoms with Crippen LogP contribution in [0.25, 0.3) is 21.7 Å². The van der Waals surface area contributed by atoms with E-state index in [0.29, 0.717) is 22.1 Å². The molecule has 0 N–H and O–H groups in total. The molecule has 0 radical (unpaired) electrons. The fourth-order valence-electron chi connectivity index (χ4n) is 4.93. The van der Waals surface area contributed by atoms with Crippen molar-refractivity contribution in [2.75, 3.05) is 5.75 Å². The minimum absolute atomic E-state index is 0.145. The van der Waals surface area contributed by atoms with Gasteiger partial charge in [0.1, 0.15) is 17.2 Å². The fourth-order valence-corrected chi connectivity index (χ4v) is 8.24. The van der Waals surface area contributed by atoms with Crippen LogP contribution in [0.15, 0.2) is 89.3 Å². The van der Waals surface area contributed by atoms with Gasteiger partial charge < -0.3 is 4.74 Å².